The van der Waals surface area contributed by atoms with Gasteiger partial charge in [0.2, 0.25) is 0 Å². The Bertz CT molecular complexity index is 824. The quantitative estimate of drug-likeness (QED) is 0.855. The van der Waals surface area contributed by atoms with E-state index in [1.807, 2.05) is 13.8 Å². The molecular weight excluding hydrogens is 344 g/mol. The van der Waals surface area contributed by atoms with Gasteiger partial charge in [-0.05, 0) is 38.1 Å². The summed E-state index contributed by atoms with van der Waals surface area (Å²) in [5.41, 5.74) is 0.883. The number of amides is 1. The second kappa shape index (κ2) is 6.85. The van der Waals surface area contributed by atoms with Crippen LogP contribution >= 0.6 is 0 Å². The summed E-state index contributed by atoms with van der Waals surface area (Å²) in [6.07, 6.45) is 2.50. The molecule has 1 aliphatic rings. The Morgan fingerprint density at radius 3 is 2.44 bits per heavy atom. The lowest BCUT2D eigenvalue weighted by molar-refractivity contribution is -0.0586. The summed E-state index contributed by atoms with van der Waals surface area (Å²) in [7, 11) is -3.69. The first-order chi connectivity index (χ1) is 11.8. The average Bonchev–Trinajstić information content (AvgIpc) is 3.09. The van der Waals surface area contributed by atoms with Crippen LogP contribution in [-0.2, 0) is 14.8 Å². The van der Waals surface area contributed by atoms with Gasteiger partial charge in [0, 0.05) is 30.5 Å². The summed E-state index contributed by atoms with van der Waals surface area (Å²) < 4.78 is 32.4. The molecule has 0 radical (unpaired) electrons. The molecule has 134 valence electrons. The highest BCUT2D eigenvalue weighted by molar-refractivity contribution is 7.92. The number of ether oxygens (including phenoxy) is 1. The van der Waals surface area contributed by atoms with Gasteiger partial charge in [-0.15, -0.1) is 0 Å². The Morgan fingerprint density at radius 2 is 1.88 bits per heavy atom. The van der Waals surface area contributed by atoms with Crippen molar-refractivity contribution in [2.45, 2.75) is 31.0 Å². The molecule has 0 bridgehead atoms. The predicted octanol–water partition coefficient (Wildman–Crippen LogP) is 1.46. The van der Waals surface area contributed by atoms with E-state index in [-0.39, 0.29) is 23.0 Å². The number of carbonyl (C=O) groups is 1. The van der Waals surface area contributed by atoms with Crippen molar-refractivity contribution in [1.82, 2.24) is 15.1 Å². The molecule has 2 aromatic rings. The Kier molecular flexibility index (Phi) is 4.78. The fourth-order valence-corrected chi connectivity index (χ4v) is 3.77. The zero-order chi connectivity index (χ0) is 18.0. The number of morpholine rings is 1. The minimum atomic E-state index is -3.69. The lowest BCUT2D eigenvalue weighted by atomic mass is 10.1. The van der Waals surface area contributed by atoms with Gasteiger partial charge in [-0.1, -0.05) is 0 Å². The summed E-state index contributed by atoms with van der Waals surface area (Å²) in [6, 6.07) is 6.36. The minimum absolute atomic E-state index is 0.00579. The molecule has 2 unspecified atom stereocenters. The third-order valence-corrected chi connectivity index (χ3v) is 5.22. The fourth-order valence-electron chi connectivity index (χ4n) is 2.81. The van der Waals surface area contributed by atoms with Crippen molar-refractivity contribution in [2.24, 2.45) is 0 Å². The average molecular weight is 364 g/mol. The first-order valence-corrected chi connectivity index (χ1v) is 9.40. The third kappa shape index (κ3) is 3.99. The Balaban J connectivity index is 1.71. The number of H-pyrrole nitrogens is 1. The molecule has 1 aliphatic heterocycles. The number of aromatic nitrogens is 2. The Labute approximate surface area is 146 Å². The minimum Gasteiger partial charge on any atom is -0.372 e. The van der Waals surface area contributed by atoms with Gasteiger partial charge in [0.25, 0.3) is 15.9 Å². The van der Waals surface area contributed by atoms with Gasteiger partial charge in [-0.3, -0.25) is 14.6 Å². The molecule has 3 rings (SSSR count). The lowest BCUT2D eigenvalue weighted by Crippen LogP contribution is -2.48. The molecule has 0 spiro atoms. The van der Waals surface area contributed by atoms with Crippen LogP contribution in [0.5, 0.6) is 0 Å². The fraction of sp³-hybridized carbons (Fsp3) is 0.375. The third-order valence-electron chi connectivity index (χ3n) is 3.87. The predicted molar refractivity (Wildman–Crippen MR) is 91.8 cm³/mol. The zero-order valence-corrected chi connectivity index (χ0v) is 14.8. The van der Waals surface area contributed by atoms with E-state index in [1.165, 1.54) is 12.4 Å². The maximum Gasteiger partial charge on any atom is 0.265 e. The van der Waals surface area contributed by atoms with E-state index in [9.17, 15) is 13.2 Å². The summed E-state index contributed by atoms with van der Waals surface area (Å²) >= 11 is 0. The highest BCUT2D eigenvalue weighted by atomic mass is 32.2. The number of carbonyl (C=O) groups excluding carboxylic acids is 1. The molecule has 1 aromatic heterocycles. The van der Waals surface area contributed by atoms with Gasteiger partial charge in [-0.2, -0.15) is 5.10 Å². The first-order valence-electron chi connectivity index (χ1n) is 7.91. The van der Waals surface area contributed by atoms with Crippen molar-refractivity contribution >= 4 is 21.6 Å². The van der Waals surface area contributed by atoms with Crippen molar-refractivity contribution in [3.8, 4) is 0 Å². The SMILES string of the molecule is CC1CN(C(=O)c2ccc(NS(=O)(=O)c3cn[nH]c3)cc2)CC(C)O1. The number of sulfonamides is 1. The molecule has 8 nitrogen and oxygen atoms in total. The van der Waals surface area contributed by atoms with Crippen molar-refractivity contribution in [2.75, 3.05) is 17.8 Å². The van der Waals surface area contributed by atoms with E-state index in [1.54, 1.807) is 29.2 Å². The van der Waals surface area contributed by atoms with Gasteiger partial charge in [0.1, 0.15) is 4.90 Å². The molecule has 1 saturated heterocycles. The number of benzene rings is 1. The molecule has 1 fully saturated rings. The number of aromatic amines is 1. The summed E-state index contributed by atoms with van der Waals surface area (Å²) in [6.45, 7) is 4.95. The van der Waals surface area contributed by atoms with Gasteiger partial charge < -0.3 is 9.64 Å². The van der Waals surface area contributed by atoms with Crippen molar-refractivity contribution in [3.63, 3.8) is 0 Å². The first kappa shape index (κ1) is 17.4. The highest BCUT2D eigenvalue weighted by Crippen LogP contribution is 2.18. The van der Waals surface area contributed by atoms with Crippen LogP contribution in [0.2, 0.25) is 0 Å². The van der Waals surface area contributed by atoms with Gasteiger partial charge >= 0.3 is 0 Å². The van der Waals surface area contributed by atoms with Crippen LogP contribution in [-0.4, -0.2) is 54.7 Å². The lowest BCUT2D eigenvalue weighted by Gasteiger charge is -2.35. The van der Waals surface area contributed by atoms with E-state index in [0.717, 1.165) is 0 Å². The monoisotopic (exact) mass is 364 g/mol. The van der Waals surface area contributed by atoms with E-state index in [4.69, 9.17) is 4.74 Å². The maximum atomic E-state index is 12.6. The van der Waals surface area contributed by atoms with E-state index < -0.39 is 10.0 Å². The number of rotatable bonds is 4. The second-order valence-corrected chi connectivity index (χ2v) is 7.77. The highest BCUT2D eigenvalue weighted by Gasteiger charge is 2.26. The second-order valence-electron chi connectivity index (χ2n) is 6.08. The normalized spacial score (nSPS) is 21.1. The van der Waals surface area contributed by atoms with Gasteiger partial charge in [0.15, 0.2) is 0 Å². The van der Waals surface area contributed by atoms with E-state index in [0.29, 0.717) is 24.3 Å². The van der Waals surface area contributed by atoms with E-state index in [2.05, 4.69) is 14.9 Å². The zero-order valence-electron chi connectivity index (χ0n) is 14.0. The van der Waals surface area contributed by atoms with Gasteiger partial charge in [-0.25, -0.2) is 8.42 Å². The Hall–Kier alpha value is -2.39. The number of hydrogen-bond donors (Lipinski definition) is 2. The molecule has 2 N–H and O–H groups in total. The van der Waals surface area contributed by atoms with Crippen LogP contribution in [0.25, 0.3) is 0 Å². The van der Waals surface area contributed by atoms with Crippen LogP contribution in [0, 0.1) is 0 Å². The number of nitrogens with one attached hydrogen (secondary N) is 2. The molecule has 25 heavy (non-hydrogen) atoms. The summed E-state index contributed by atoms with van der Waals surface area (Å²) in [5.74, 6) is -0.0914. The number of anilines is 1. The molecule has 0 saturated carbocycles. The largest absolute Gasteiger partial charge is 0.372 e. The van der Waals surface area contributed by atoms with Gasteiger partial charge in [0.05, 0.1) is 18.4 Å². The van der Waals surface area contributed by atoms with Crippen molar-refractivity contribution in [3.05, 3.63) is 42.2 Å². The molecule has 1 amide bonds. The molecular formula is C16H20N4O4S. The van der Waals surface area contributed by atoms with Crippen LogP contribution in [0.4, 0.5) is 5.69 Å². The van der Waals surface area contributed by atoms with Crippen LogP contribution in [0.15, 0.2) is 41.6 Å². The number of nitrogens with zero attached hydrogens (tertiary/aromatic N) is 2. The summed E-state index contributed by atoms with van der Waals surface area (Å²) in [5, 5.41) is 6.09. The van der Waals surface area contributed by atoms with Crippen molar-refractivity contribution < 1.29 is 17.9 Å². The number of hydrogen-bond acceptors (Lipinski definition) is 5. The van der Waals surface area contributed by atoms with E-state index >= 15 is 0 Å². The smallest absolute Gasteiger partial charge is 0.265 e. The maximum absolute atomic E-state index is 12.6. The standard InChI is InChI=1S/C16H20N4O4S/c1-11-9-20(10-12(2)24-11)16(21)13-3-5-14(6-4-13)19-25(22,23)15-7-17-18-8-15/h3-8,11-12,19H,9-10H2,1-2H3,(H,17,18). The molecule has 1 aromatic carbocycles. The Morgan fingerprint density at radius 1 is 1.24 bits per heavy atom. The molecule has 2 heterocycles. The van der Waals surface area contributed by atoms with Crippen LogP contribution < -0.4 is 4.72 Å². The van der Waals surface area contributed by atoms with Crippen molar-refractivity contribution in [1.29, 1.82) is 0 Å². The molecule has 0 aliphatic carbocycles. The molecule has 9 heteroatoms. The van der Waals surface area contributed by atoms with Crippen LogP contribution in [0.1, 0.15) is 24.2 Å². The topological polar surface area (TPSA) is 104 Å². The van der Waals surface area contributed by atoms with Crippen LogP contribution in [0.3, 0.4) is 0 Å². The summed E-state index contributed by atoms with van der Waals surface area (Å²) in [4.78, 5) is 14.4. The molecule has 2 atom stereocenters.